The van der Waals surface area contributed by atoms with E-state index in [2.05, 4.69) is 10.2 Å². The van der Waals surface area contributed by atoms with Gasteiger partial charge in [-0.15, -0.1) is 0 Å². The Morgan fingerprint density at radius 3 is 2.61 bits per heavy atom. The first-order valence-corrected chi connectivity index (χ1v) is 10.2. The molecular weight excluding hydrogens is 369 g/mol. The number of amides is 1. The van der Waals surface area contributed by atoms with Crippen molar-refractivity contribution >= 4 is 5.91 Å². The summed E-state index contributed by atoms with van der Waals surface area (Å²) in [6.07, 6.45) is 1.11. The summed E-state index contributed by atoms with van der Waals surface area (Å²) < 4.78 is 44.9. The number of nitrogens with one attached hydrogen (secondary N) is 1. The zero-order chi connectivity index (χ0) is 20.0. The van der Waals surface area contributed by atoms with Gasteiger partial charge in [-0.25, -0.2) is 0 Å². The van der Waals surface area contributed by atoms with Crippen LogP contribution in [0, 0.1) is 5.92 Å². The monoisotopic (exact) mass is 398 g/mol. The van der Waals surface area contributed by atoms with E-state index in [1.54, 1.807) is 12.1 Å². The van der Waals surface area contributed by atoms with Crippen LogP contribution in [-0.2, 0) is 22.3 Å². The molecule has 1 atom stereocenters. The van der Waals surface area contributed by atoms with Crippen LogP contribution >= 0.6 is 0 Å². The molecule has 1 aromatic carbocycles. The lowest BCUT2D eigenvalue weighted by Gasteiger charge is -2.32. The Hall–Kier alpha value is -1.60. The van der Waals surface area contributed by atoms with E-state index in [-0.39, 0.29) is 12.0 Å². The smallest absolute Gasteiger partial charge is 0.376 e. The molecule has 1 aromatic rings. The lowest BCUT2D eigenvalue weighted by atomic mass is 9.91. The number of ether oxygens (including phenoxy) is 1. The number of benzene rings is 1. The van der Waals surface area contributed by atoms with Crippen molar-refractivity contribution in [1.29, 1.82) is 0 Å². The lowest BCUT2D eigenvalue weighted by molar-refractivity contribution is -0.138. The number of rotatable bonds is 7. The summed E-state index contributed by atoms with van der Waals surface area (Å²) in [6.45, 7) is 3.25. The molecule has 2 heterocycles. The highest BCUT2D eigenvalue weighted by Gasteiger charge is 2.33. The number of hydrogen-bond acceptors (Lipinski definition) is 3. The second-order valence-electron chi connectivity index (χ2n) is 7.85. The van der Waals surface area contributed by atoms with Crippen molar-refractivity contribution in [2.75, 3.05) is 26.2 Å². The van der Waals surface area contributed by atoms with E-state index in [1.165, 1.54) is 6.07 Å². The van der Waals surface area contributed by atoms with Crippen LogP contribution in [0.15, 0.2) is 24.3 Å². The molecule has 0 bridgehead atoms. The van der Waals surface area contributed by atoms with Crippen molar-refractivity contribution < 1.29 is 22.7 Å². The first kappa shape index (κ1) is 21.1. The highest BCUT2D eigenvalue weighted by molar-refractivity contribution is 5.75. The minimum Gasteiger partial charge on any atom is -0.376 e. The highest BCUT2D eigenvalue weighted by Crippen LogP contribution is 2.33. The number of alkyl halides is 3. The zero-order valence-electron chi connectivity index (χ0n) is 16.1. The van der Waals surface area contributed by atoms with Gasteiger partial charge in [0.25, 0.3) is 0 Å². The summed E-state index contributed by atoms with van der Waals surface area (Å²) in [5.41, 5.74) is -0.206. The third-order valence-corrected chi connectivity index (χ3v) is 5.75. The predicted octanol–water partition coefficient (Wildman–Crippen LogP) is 3.99. The van der Waals surface area contributed by atoms with Gasteiger partial charge in [0.15, 0.2) is 0 Å². The highest BCUT2D eigenvalue weighted by atomic mass is 19.4. The van der Waals surface area contributed by atoms with E-state index >= 15 is 0 Å². The standard InChI is InChI=1S/C21H29F3N2O2/c22-21(23,24)19-6-2-1-4-17(19)15-26-11-9-16(10-12-26)7-8-20(27)25-14-18-5-3-13-28-18/h1-2,4,6,16,18H,3,5,7-15H2,(H,25,27). The van der Waals surface area contributed by atoms with E-state index in [0.717, 1.165) is 57.9 Å². The van der Waals surface area contributed by atoms with Crippen LogP contribution in [0.1, 0.15) is 49.7 Å². The van der Waals surface area contributed by atoms with Crippen molar-refractivity contribution in [2.24, 2.45) is 5.92 Å². The van der Waals surface area contributed by atoms with E-state index < -0.39 is 11.7 Å². The minimum absolute atomic E-state index is 0.0667. The van der Waals surface area contributed by atoms with Gasteiger partial charge < -0.3 is 10.1 Å². The Bertz CT molecular complexity index is 637. The van der Waals surface area contributed by atoms with E-state index in [1.807, 2.05) is 0 Å². The minimum atomic E-state index is -4.31. The number of carbonyl (C=O) groups excluding carboxylic acids is 1. The summed E-state index contributed by atoms with van der Waals surface area (Å²) in [6, 6.07) is 5.81. The van der Waals surface area contributed by atoms with Gasteiger partial charge in [-0.2, -0.15) is 13.2 Å². The number of nitrogens with zero attached hydrogens (tertiary/aromatic N) is 1. The van der Waals surface area contributed by atoms with Crippen molar-refractivity contribution in [2.45, 2.75) is 57.3 Å². The summed E-state index contributed by atoms with van der Waals surface area (Å²) >= 11 is 0. The molecule has 0 aliphatic carbocycles. The molecule has 156 valence electrons. The maximum absolute atomic E-state index is 13.1. The van der Waals surface area contributed by atoms with Gasteiger partial charge in [0.2, 0.25) is 5.91 Å². The molecule has 2 aliphatic heterocycles. The quantitative estimate of drug-likeness (QED) is 0.755. The molecule has 1 N–H and O–H groups in total. The Labute approximate surface area is 164 Å². The van der Waals surface area contributed by atoms with Gasteiger partial charge in [-0.05, 0) is 62.7 Å². The van der Waals surface area contributed by atoms with Crippen molar-refractivity contribution in [3.8, 4) is 0 Å². The van der Waals surface area contributed by atoms with Crippen LogP contribution in [-0.4, -0.2) is 43.2 Å². The topological polar surface area (TPSA) is 41.6 Å². The summed E-state index contributed by atoms with van der Waals surface area (Å²) in [4.78, 5) is 14.1. The molecule has 2 saturated heterocycles. The number of piperidine rings is 1. The Morgan fingerprint density at radius 2 is 1.93 bits per heavy atom. The van der Waals surface area contributed by atoms with Gasteiger partial charge >= 0.3 is 6.18 Å². The number of halogens is 3. The van der Waals surface area contributed by atoms with E-state index in [9.17, 15) is 18.0 Å². The Morgan fingerprint density at radius 1 is 1.18 bits per heavy atom. The van der Waals surface area contributed by atoms with Crippen LogP contribution < -0.4 is 5.32 Å². The van der Waals surface area contributed by atoms with Crippen LogP contribution in [0.5, 0.6) is 0 Å². The van der Waals surface area contributed by atoms with Crippen LogP contribution in [0.4, 0.5) is 13.2 Å². The summed E-state index contributed by atoms with van der Waals surface area (Å²) in [5, 5.41) is 2.95. The summed E-state index contributed by atoms with van der Waals surface area (Å²) in [5.74, 6) is 0.527. The van der Waals surface area contributed by atoms with Gasteiger partial charge in [0.1, 0.15) is 0 Å². The third-order valence-electron chi connectivity index (χ3n) is 5.75. The van der Waals surface area contributed by atoms with Crippen molar-refractivity contribution in [1.82, 2.24) is 10.2 Å². The second-order valence-corrected chi connectivity index (χ2v) is 7.85. The molecule has 0 aromatic heterocycles. The van der Waals surface area contributed by atoms with Crippen LogP contribution in [0.3, 0.4) is 0 Å². The van der Waals surface area contributed by atoms with Crippen LogP contribution in [0.2, 0.25) is 0 Å². The van der Waals surface area contributed by atoms with Crippen molar-refractivity contribution in [3.05, 3.63) is 35.4 Å². The first-order valence-electron chi connectivity index (χ1n) is 10.2. The molecule has 2 fully saturated rings. The molecule has 28 heavy (non-hydrogen) atoms. The van der Waals surface area contributed by atoms with Gasteiger partial charge in [0.05, 0.1) is 11.7 Å². The largest absolute Gasteiger partial charge is 0.416 e. The normalized spacial score (nSPS) is 21.8. The van der Waals surface area contributed by atoms with Crippen LogP contribution in [0.25, 0.3) is 0 Å². The number of carbonyl (C=O) groups is 1. The number of hydrogen-bond donors (Lipinski definition) is 1. The van der Waals surface area contributed by atoms with Crippen molar-refractivity contribution in [3.63, 3.8) is 0 Å². The third kappa shape index (κ3) is 6.21. The molecule has 0 saturated carbocycles. The zero-order valence-corrected chi connectivity index (χ0v) is 16.1. The molecule has 7 heteroatoms. The Kier molecular flexibility index (Phi) is 7.35. The van der Waals surface area contributed by atoms with Gasteiger partial charge in [-0.1, -0.05) is 18.2 Å². The average Bonchev–Trinajstić information content (AvgIpc) is 3.19. The fourth-order valence-corrected chi connectivity index (χ4v) is 4.07. The lowest BCUT2D eigenvalue weighted by Crippen LogP contribution is -2.35. The SMILES string of the molecule is O=C(CCC1CCN(Cc2ccccc2C(F)(F)F)CC1)NCC1CCCO1. The molecule has 0 spiro atoms. The van der Waals surface area contributed by atoms with E-state index in [4.69, 9.17) is 4.74 Å². The molecule has 2 aliphatic rings. The fraction of sp³-hybridized carbons (Fsp3) is 0.667. The first-order chi connectivity index (χ1) is 13.4. The molecule has 1 unspecified atom stereocenters. The summed E-state index contributed by atoms with van der Waals surface area (Å²) in [7, 11) is 0. The maximum Gasteiger partial charge on any atom is 0.416 e. The molecule has 0 radical (unpaired) electrons. The van der Waals surface area contributed by atoms with Gasteiger partial charge in [-0.3, -0.25) is 9.69 Å². The van der Waals surface area contributed by atoms with Gasteiger partial charge in [0, 0.05) is 26.1 Å². The Balaban J connectivity index is 1.37. The van der Waals surface area contributed by atoms with E-state index in [0.29, 0.717) is 31.0 Å². The number of likely N-dealkylation sites (tertiary alicyclic amines) is 1. The maximum atomic E-state index is 13.1. The predicted molar refractivity (Wildman–Crippen MR) is 101 cm³/mol. The molecule has 1 amide bonds. The molecule has 4 nitrogen and oxygen atoms in total. The second kappa shape index (κ2) is 9.74. The fourth-order valence-electron chi connectivity index (χ4n) is 4.07. The molecular formula is C21H29F3N2O2. The molecule has 3 rings (SSSR count). The average molecular weight is 398 g/mol.